The zero-order valence-corrected chi connectivity index (χ0v) is 15.6. The van der Waals surface area contributed by atoms with E-state index in [2.05, 4.69) is 22.4 Å². The highest BCUT2D eigenvalue weighted by Crippen LogP contribution is 2.10. The van der Waals surface area contributed by atoms with Crippen LogP contribution in [-0.2, 0) is 0 Å². The number of nitrogens with zero attached hydrogens (tertiary/aromatic N) is 2. The number of para-hydroxylation sites is 1. The number of allylic oxidation sites excluding steroid dienone is 1. The first-order chi connectivity index (χ1) is 11.5. The largest absolute Gasteiger partial charge is 0.309 e. The van der Waals surface area contributed by atoms with Crippen molar-refractivity contribution in [2.24, 2.45) is 11.0 Å². The minimum atomic E-state index is -0.229. The summed E-state index contributed by atoms with van der Waals surface area (Å²) in [6, 6.07) is 16.3. The van der Waals surface area contributed by atoms with Crippen LogP contribution in [0.3, 0.4) is 0 Å². The summed E-state index contributed by atoms with van der Waals surface area (Å²) in [7, 11) is 4.09. The Balaban J connectivity index is 0.00000312. The number of hydrogen-bond donors (Lipinski definition) is 1. The van der Waals surface area contributed by atoms with Crippen molar-refractivity contribution in [3.8, 4) is 0 Å². The number of benzene rings is 2. The van der Waals surface area contributed by atoms with Crippen molar-refractivity contribution in [1.82, 2.24) is 4.90 Å². The van der Waals surface area contributed by atoms with Crippen LogP contribution < -0.4 is 5.43 Å². The van der Waals surface area contributed by atoms with Crippen molar-refractivity contribution >= 4 is 29.9 Å². The van der Waals surface area contributed by atoms with Gasteiger partial charge in [0.25, 0.3) is 0 Å². The van der Waals surface area contributed by atoms with Crippen LogP contribution in [0, 0.1) is 11.7 Å². The van der Waals surface area contributed by atoms with E-state index in [1.807, 2.05) is 56.6 Å². The van der Waals surface area contributed by atoms with E-state index in [4.69, 9.17) is 0 Å². The fraction of sp³-hybridized carbons (Fsp3) is 0.250. The van der Waals surface area contributed by atoms with Gasteiger partial charge in [0.05, 0.1) is 11.4 Å². The first-order valence-electron chi connectivity index (χ1n) is 8.01. The third kappa shape index (κ3) is 7.50. The molecule has 0 amide bonds. The van der Waals surface area contributed by atoms with E-state index in [-0.39, 0.29) is 24.1 Å². The van der Waals surface area contributed by atoms with Crippen LogP contribution in [-0.4, -0.2) is 31.3 Å². The van der Waals surface area contributed by atoms with Gasteiger partial charge in [0.1, 0.15) is 5.82 Å². The summed E-state index contributed by atoms with van der Waals surface area (Å²) in [6.07, 6.45) is 3.94. The molecule has 5 heteroatoms. The van der Waals surface area contributed by atoms with Crippen LogP contribution in [0.1, 0.15) is 12.5 Å². The van der Waals surface area contributed by atoms with E-state index < -0.39 is 0 Å². The van der Waals surface area contributed by atoms with Crippen LogP contribution in [0.25, 0.3) is 6.08 Å². The molecule has 1 atom stereocenters. The summed E-state index contributed by atoms with van der Waals surface area (Å²) < 4.78 is 13.0. The fourth-order valence-electron chi connectivity index (χ4n) is 2.35. The van der Waals surface area contributed by atoms with Gasteiger partial charge in [0, 0.05) is 12.5 Å². The summed E-state index contributed by atoms with van der Waals surface area (Å²) in [6.45, 7) is 3.03. The van der Waals surface area contributed by atoms with Gasteiger partial charge in [0.2, 0.25) is 0 Å². The summed E-state index contributed by atoms with van der Waals surface area (Å²) in [5.41, 5.74) is 5.94. The highest BCUT2D eigenvalue weighted by atomic mass is 35.5. The summed E-state index contributed by atoms with van der Waals surface area (Å²) in [4.78, 5) is 2.13. The number of nitrogens with one attached hydrogen (secondary N) is 1. The van der Waals surface area contributed by atoms with Crippen LogP contribution in [0.15, 0.2) is 65.8 Å². The monoisotopic (exact) mass is 361 g/mol. The molecule has 0 spiro atoms. The molecule has 3 nitrogen and oxygen atoms in total. The van der Waals surface area contributed by atoms with Gasteiger partial charge in [-0.1, -0.05) is 43.3 Å². The topological polar surface area (TPSA) is 27.6 Å². The first-order valence-corrected chi connectivity index (χ1v) is 8.01. The van der Waals surface area contributed by atoms with Gasteiger partial charge in [-0.05, 0) is 50.0 Å². The van der Waals surface area contributed by atoms with Gasteiger partial charge in [-0.3, -0.25) is 5.43 Å². The Bertz CT molecular complexity index is 682. The molecule has 25 heavy (non-hydrogen) atoms. The molecule has 1 unspecified atom stereocenters. The Kier molecular flexibility index (Phi) is 8.89. The van der Waals surface area contributed by atoms with Crippen LogP contribution >= 0.6 is 12.4 Å². The molecule has 0 aromatic heterocycles. The lowest BCUT2D eigenvalue weighted by molar-refractivity contribution is 0.381. The van der Waals surface area contributed by atoms with Gasteiger partial charge < -0.3 is 4.90 Å². The molecule has 0 heterocycles. The second kappa shape index (κ2) is 10.6. The average Bonchev–Trinajstić information content (AvgIpc) is 2.56. The Labute approximate surface area is 155 Å². The van der Waals surface area contributed by atoms with E-state index in [1.54, 1.807) is 12.1 Å². The summed E-state index contributed by atoms with van der Waals surface area (Å²) >= 11 is 0. The standard InChI is InChI=1S/C20H24FN3.ClH/c1-16(15-24(2)3)20(23-22-19-7-5-4-6-8-19)14-11-17-9-12-18(21)13-10-17;/h4-14,16,22H,15H2,1-3H3;1H/b14-11+,23-20-;. The normalized spacial score (nSPS) is 12.9. The Morgan fingerprint density at radius 2 is 1.76 bits per heavy atom. The van der Waals surface area contributed by atoms with E-state index in [9.17, 15) is 4.39 Å². The SMILES string of the molecule is CC(CN(C)C)C(/C=C/c1ccc(F)cc1)=N\Nc1ccccc1.Cl. The van der Waals surface area contributed by atoms with E-state index in [0.717, 1.165) is 23.5 Å². The minimum absolute atomic E-state index is 0. The average molecular weight is 362 g/mol. The minimum Gasteiger partial charge on any atom is -0.309 e. The summed E-state index contributed by atoms with van der Waals surface area (Å²) in [5, 5.41) is 4.56. The van der Waals surface area contributed by atoms with Crippen molar-refractivity contribution in [2.75, 3.05) is 26.1 Å². The van der Waals surface area contributed by atoms with E-state index >= 15 is 0 Å². The Morgan fingerprint density at radius 3 is 2.36 bits per heavy atom. The molecule has 0 saturated heterocycles. The van der Waals surface area contributed by atoms with Crippen LogP contribution in [0.4, 0.5) is 10.1 Å². The fourth-order valence-corrected chi connectivity index (χ4v) is 2.35. The predicted octanol–water partition coefficient (Wildman–Crippen LogP) is 4.93. The number of rotatable bonds is 7. The molecule has 2 aromatic carbocycles. The van der Waals surface area contributed by atoms with E-state index in [1.165, 1.54) is 12.1 Å². The van der Waals surface area contributed by atoms with Crippen molar-refractivity contribution in [1.29, 1.82) is 0 Å². The molecule has 0 fully saturated rings. The van der Waals surface area contributed by atoms with Crippen molar-refractivity contribution in [3.05, 3.63) is 72.1 Å². The summed E-state index contributed by atoms with van der Waals surface area (Å²) in [5.74, 6) is 0.0284. The van der Waals surface area contributed by atoms with Crippen molar-refractivity contribution in [2.45, 2.75) is 6.92 Å². The maximum Gasteiger partial charge on any atom is 0.123 e. The second-order valence-corrected chi connectivity index (χ2v) is 6.06. The molecule has 2 rings (SSSR count). The van der Waals surface area contributed by atoms with Crippen LogP contribution in [0.2, 0.25) is 0 Å². The third-order valence-corrected chi connectivity index (χ3v) is 3.55. The molecule has 0 aliphatic heterocycles. The van der Waals surface area contributed by atoms with Gasteiger partial charge >= 0.3 is 0 Å². The van der Waals surface area contributed by atoms with Crippen LogP contribution in [0.5, 0.6) is 0 Å². The molecule has 0 aliphatic rings. The molecule has 0 bridgehead atoms. The smallest absolute Gasteiger partial charge is 0.123 e. The zero-order chi connectivity index (χ0) is 17.4. The molecular weight excluding hydrogens is 337 g/mol. The van der Waals surface area contributed by atoms with Crippen molar-refractivity contribution in [3.63, 3.8) is 0 Å². The predicted molar refractivity (Wildman–Crippen MR) is 108 cm³/mol. The first kappa shape index (κ1) is 20.9. The third-order valence-electron chi connectivity index (χ3n) is 3.55. The number of halogens is 2. The van der Waals surface area contributed by atoms with E-state index in [0.29, 0.717) is 0 Å². The molecule has 0 saturated carbocycles. The number of hydrazone groups is 1. The van der Waals surface area contributed by atoms with Gasteiger partial charge in [-0.15, -0.1) is 12.4 Å². The lowest BCUT2D eigenvalue weighted by Crippen LogP contribution is -2.25. The van der Waals surface area contributed by atoms with Gasteiger partial charge in [-0.25, -0.2) is 4.39 Å². The molecule has 134 valence electrons. The lowest BCUT2D eigenvalue weighted by atomic mass is 10.0. The van der Waals surface area contributed by atoms with Crippen molar-refractivity contribution < 1.29 is 4.39 Å². The molecule has 2 aromatic rings. The highest BCUT2D eigenvalue weighted by molar-refractivity contribution is 6.00. The Morgan fingerprint density at radius 1 is 1.12 bits per heavy atom. The maximum absolute atomic E-state index is 13.0. The quantitative estimate of drug-likeness (QED) is 0.559. The molecule has 0 radical (unpaired) electrons. The number of anilines is 1. The maximum atomic E-state index is 13.0. The lowest BCUT2D eigenvalue weighted by Gasteiger charge is -2.17. The molecular formula is C20H25ClFN3. The second-order valence-electron chi connectivity index (χ2n) is 6.06. The number of hydrogen-bond acceptors (Lipinski definition) is 3. The Hall–Kier alpha value is -2.17. The molecule has 0 aliphatic carbocycles. The van der Waals surface area contributed by atoms with Gasteiger partial charge in [0.15, 0.2) is 0 Å². The van der Waals surface area contributed by atoms with Gasteiger partial charge in [-0.2, -0.15) is 5.10 Å². The molecule has 1 N–H and O–H groups in total. The highest BCUT2D eigenvalue weighted by Gasteiger charge is 2.09. The zero-order valence-electron chi connectivity index (χ0n) is 14.8.